The monoisotopic (exact) mass is 452 g/mol. The van der Waals surface area contributed by atoms with Gasteiger partial charge in [0.15, 0.2) is 6.61 Å². The molecule has 5 nitrogen and oxygen atoms in total. The Morgan fingerprint density at radius 2 is 1.81 bits per heavy atom. The van der Waals surface area contributed by atoms with Gasteiger partial charge >= 0.3 is 0 Å². The van der Waals surface area contributed by atoms with Crippen molar-refractivity contribution in [2.24, 2.45) is 0 Å². The van der Waals surface area contributed by atoms with Crippen LogP contribution in [0.4, 0.5) is 0 Å². The van der Waals surface area contributed by atoms with Gasteiger partial charge in [-0.2, -0.15) is 0 Å². The molecule has 1 aliphatic rings. The van der Waals surface area contributed by atoms with Crippen molar-refractivity contribution in [2.75, 3.05) is 32.8 Å². The smallest absolute Gasteiger partial charge is 0.260 e. The van der Waals surface area contributed by atoms with E-state index in [0.29, 0.717) is 24.4 Å². The quantitative estimate of drug-likeness (QED) is 0.729. The second-order valence-corrected chi connectivity index (χ2v) is 7.83. The highest BCUT2D eigenvalue weighted by atomic mass is 79.9. The molecule has 2 aromatic rings. The van der Waals surface area contributed by atoms with Crippen molar-refractivity contribution in [2.45, 2.75) is 13.2 Å². The first-order valence-corrected chi connectivity index (χ1v) is 9.99. The average Bonchev–Trinajstić information content (AvgIpc) is 2.69. The lowest BCUT2D eigenvalue weighted by Gasteiger charge is -2.34. The number of carbonyl (C=O) groups excluding carboxylic acids is 1. The van der Waals surface area contributed by atoms with Crippen molar-refractivity contribution in [3.63, 3.8) is 0 Å². The normalized spacial score (nSPS) is 15.0. The molecule has 0 aliphatic carbocycles. The molecule has 27 heavy (non-hydrogen) atoms. The van der Waals surface area contributed by atoms with E-state index in [-0.39, 0.29) is 19.1 Å². The first-order chi connectivity index (χ1) is 13.0. The van der Waals surface area contributed by atoms with Gasteiger partial charge in [0.1, 0.15) is 5.75 Å². The van der Waals surface area contributed by atoms with Gasteiger partial charge in [-0.15, -0.1) is 0 Å². The molecule has 0 aromatic heterocycles. The number of amides is 1. The van der Waals surface area contributed by atoms with E-state index in [1.54, 1.807) is 12.1 Å². The second-order valence-electron chi connectivity index (χ2n) is 6.48. The van der Waals surface area contributed by atoms with E-state index >= 15 is 0 Å². The van der Waals surface area contributed by atoms with Crippen LogP contribution in [0.2, 0.25) is 5.02 Å². The van der Waals surface area contributed by atoms with Gasteiger partial charge in [-0.05, 0) is 35.9 Å². The Morgan fingerprint density at radius 1 is 1.11 bits per heavy atom. The summed E-state index contributed by atoms with van der Waals surface area (Å²) in [5.74, 6) is 0.503. The van der Waals surface area contributed by atoms with Gasteiger partial charge in [0.2, 0.25) is 0 Å². The van der Waals surface area contributed by atoms with Crippen molar-refractivity contribution < 1.29 is 14.6 Å². The SMILES string of the molecule is O=C(COc1ccc(Br)cc1CO)N1CCN(Cc2ccc(Cl)cc2)CC1. The highest BCUT2D eigenvalue weighted by Crippen LogP contribution is 2.23. The van der Waals surface area contributed by atoms with Crippen LogP contribution in [0.3, 0.4) is 0 Å². The minimum Gasteiger partial charge on any atom is -0.483 e. The molecular formula is C20H22BrClN2O3. The fraction of sp³-hybridized carbons (Fsp3) is 0.350. The van der Waals surface area contributed by atoms with Crippen LogP contribution in [0.5, 0.6) is 5.75 Å². The summed E-state index contributed by atoms with van der Waals surface area (Å²) in [5.41, 5.74) is 1.87. The molecule has 0 unspecified atom stereocenters. The molecule has 0 bridgehead atoms. The van der Waals surface area contributed by atoms with Crippen LogP contribution in [0, 0.1) is 0 Å². The largest absolute Gasteiger partial charge is 0.483 e. The summed E-state index contributed by atoms with van der Waals surface area (Å²) in [6.45, 7) is 3.72. The number of rotatable bonds is 6. The highest BCUT2D eigenvalue weighted by Gasteiger charge is 2.21. The van der Waals surface area contributed by atoms with E-state index in [1.807, 2.05) is 35.2 Å². The lowest BCUT2D eigenvalue weighted by molar-refractivity contribution is -0.135. The molecule has 1 saturated heterocycles. The maximum Gasteiger partial charge on any atom is 0.260 e. The Balaban J connectivity index is 1.46. The third-order valence-electron chi connectivity index (χ3n) is 4.59. The van der Waals surface area contributed by atoms with Crippen LogP contribution in [-0.4, -0.2) is 53.6 Å². The van der Waals surface area contributed by atoms with Gasteiger partial charge in [-0.25, -0.2) is 0 Å². The summed E-state index contributed by atoms with van der Waals surface area (Å²) in [5, 5.41) is 10.2. The fourth-order valence-electron chi connectivity index (χ4n) is 3.05. The summed E-state index contributed by atoms with van der Waals surface area (Å²) in [7, 11) is 0. The van der Waals surface area contributed by atoms with Crippen molar-refractivity contribution in [3.8, 4) is 5.75 Å². The summed E-state index contributed by atoms with van der Waals surface area (Å²) in [6, 6.07) is 13.2. The Bertz CT molecular complexity index is 777. The predicted molar refractivity (Wildman–Crippen MR) is 109 cm³/mol. The Morgan fingerprint density at radius 3 is 2.48 bits per heavy atom. The third-order valence-corrected chi connectivity index (χ3v) is 5.33. The molecule has 1 N–H and O–H groups in total. The maximum absolute atomic E-state index is 12.4. The van der Waals surface area contributed by atoms with Crippen molar-refractivity contribution in [3.05, 3.63) is 63.1 Å². The molecule has 1 aliphatic heterocycles. The minimum atomic E-state index is -0.133. The van der Waals surface area contributed by atoms with E-state index < -0.39 is 0 Å². The van der Waals surface area contributed by atoms with Gasteiger partial charge < -0.3 is 14.7 Å². The number of benzene rings is 2. The number of ether oxygens (including phenoxy) is 1. The predicted octanol–water partition coefficient (Wildman–Crippen LogP) is 3.32. The summed E-state index contributed by atoms with van der Waals surface area (Å²) >= 11 is 9.28. The van der Waals surface area contributed by atoms with Crippen LogP contribution in [0.15, 0.2) is 46.9 Å². The standard InChI is InChI=1S/C20H22BrClN2O3/c21-17-3-6-19(16(11-17)13-25)27-14-20(26)24-9-7-23(8-10-24)12-15-1-4-18(22)5-2-15/h1-6,11,25H,7-10,12-14H2. The maximum atomic E-state index is 12.4. The number of aliphatic hydroxyl groups excluding tert-OH is 1. The van der Waals surface area contributed by atoms with Crippen molar-refractivity contribution in [1.82, 2.24) is 9.80 Å². The molecule has 0 radical (unpaired) electrons. The van der Waals surface area contributed by atoms with E-state index in [1.165, 1.54) is 5.56 Å². The molecule has 144 valence electrons. The van der Waals surface area contributed by atoms with Crippen LogP contribution in [-0.2, 0) is 17.9 Å². The van der Waals surface area contributed by atoms with Crippen LogP contribution in [0.25, 0.3) is 0 Å². The third kappa shape index (κ3) is 5.69. The number of aliphatic hydroxyl groups is 1. The van der Waals surface area contributed by atoms with Crippen molar-refractivity contribution >= 4 is 33.4 Å². The zero-order valence-corrected chi connectivity index (χ0v) is 17.2. The fourth-order valence-corrected chi connectivity index (χ4v) is 3.58. The minimum absolute atomic E-state index is 0.0220. The number of piperazine rings is 1. The molecule has 1 fully saturated rings. The first-order valence-electron chi connectivity index (χ1n) is 8.82. The lowest BCUT2D eigenvalue weighted by atomic mass is 10.2. The van der Waals surface area contributed by atoms with E-state index in [0.717, 1.165) is 29.1 Å². The van der Waals surface area contributed by atoms with Gasteiger partial charge in [0.05, 0.1) is 6.61 Å². The topological polar surface area (TPSA) is 53.0 Å². The molecule has 0 spiro atoms. The summed E-state index contributed by atoms with van der Waals surface area (Å²) in [4.78, 5) is 16.6. The Hall–Kier alpha value is -1.60. The molecule has 0 atom stereocenters. The second kappa shape index (κ2) is 9.55. The number of nitrogens with zero attached hydrogens (tertiary/aromatic N) is 2. The average molecular weight is 454 g/mol. The van der Waals surface area contributed by atoms with Gasteiger partial charge in [-0.1, -0.05) is 39.7 Å². The Kier molecular flexibility index (Phi) is 7.13. The molecule has 1 amide bonds. The van der Waals surface area contributed by atoms with E-state index in [4.69, 9.17) is 16.3 Å². The zero-order valence-electron chi connectivity index (χ0n) is 14.9. The lowest BCUT2D eigenvalue weighted by Crippen LogP contribution is -2.49. The first kappa shape index (κ1) is 20.1. The van der Waals surface area contributed by atoms with E-state index in [9.17, 15) is 9.90 Å². The van der Waals surface area contributed by atoms with Gasteiger partial charge in [0.25, 0.3) is 5.91 Å². The number of halogens is 2. The summed E-state index contributed by atoms with van der Waals surface area (Å²) in [6.07, 6.45) is 0. The van der Waals surface area contributed by atoms with E-state index in [2.05, 4.69) is 20.8 Å². The number of carbonyl (C=O) groups is 1. The molecule has 3 rings (SSSR count). The summed E-state index contributed by atoms with van der Waals surface area (Å²) < 4.78 is 6.50. The Labute approximate surface area is 172 Å². The zero-order chi connectivity index (χ0) is 19.2. The van der Waals surface area contributed by atoms with Crippen molar-refractivity contribution in [1.29, 1.82) is 0 Å². The molecule has 2 aromatic carbocycles. The van der Waals surface area contributed by atoms with Gasteiger partial charge in [-0.3, -0.25) is 9.69 Å². The molecule has 7 heteroatoms. The molecular weight excluding hydrogens is 432 g/mol. The number of hydrogen-bond donors (Lipinski definition) is 1. The van der Waals surface area contributed by atoms with Crippen LogP contribution >= 0.6 is 27.5 Å². The highest BCUT2D eigenvalue weighted by molar-refractivity contribution is 9.10. The molecule has 0 saturated carbocycles. The van der Waals surface area contributed by atoms with Crippen LogP contribution < -0.4 is 4.74 Å². The van der Waals surface area contributed by atoms with Gasteiger partial charge in [0, 0.05) is 47.8 Å². The molecule has 1 heterocycles. The number of hydrogen-bond acceptors (Lipinski definition) is 4. The van der Waals surface area contributed by atoms with Crippen LogP contribution in [0.1, 0.15) is 11.1 Å².